The van der Waals surface area contributed by atoms with Gasteiger partial charge in [-0.1, -0.05) is 0 Å². The van der Waals surface area contributed by atoms with Gasteiger partial charge in [0.25, 0.3) is 5.91 Å². The van der Waals surface area contributed by atoms with Gasteiger partial charge in [0, 0.05) is 18.7 Å². The monoisotopic (exact) mass is 208 g/mol. The van der Waals surface area contributed by atoms with Crippen molar-refractivity contribution in [3.63, 3.8) is 0 Å². The first-order valence-electron chi connectivity index (χ1n) is 4.84. The summed E-state index contributed by atoms with van der Waals surface area (Å²) in [4.78, 5) is 11.5. The zero-order chi connectivity index (χ0) is 11.1. The van der Waals surface area contributed by atoms with Gasteiger partial charge >= 0.3 is 0 Å². The maximum Gasteiger partial charge on any atom is 0.251 e. The van der Waals surface area contributed by atoms with Crippen LogP contribution in [0.3, 0.4) is 0 Å². The molecule has 4 nitrogen and oxygen atoms in total. The third-order valence-corrected chi connectivity index (χ3v) is 2.01. The highest BCUT2D eigenvalue weighted by Crippen LogP contribution is 2.10. The summed E-state index contributed by atoms with van der Waals surface area (Å²) < 4.78 is 5.01. The fraction of sp³-hybridized carbons (Fsp3) is 0.364. The minimum atomic E-state index is -0.0621. The van der Waals surface area contributed by atoms with Gasteiger partial charge in [0.2, 0.25) is 0 Å². The summed E-state index contributed by atoms with van der Waals surface area (Å²) in [6.45, 7) is 1.39. The SMILES string of the molecule is CNCCNC(=O)c1ccc(OC)cc1. The van der Waals surface area contributed by atoms with Crippen molar-refractivity contribution in [3.05, 3.63) is 29.8 Å². The number of carbonyl (C=O) groups is 1. The van der Waals surface area contributed by atoms with Crippen LogP contribution in [0, 0.1) is 0 Å². The average Bonchev–Trinajstić information content (AvgIpc) is 2.29. The van der Waals surface area contributed by atoms with Crippen molar-refractivity contribution < 1.29 is 9.53 Å². The molecule has 0 fully saturated rings. The number of likely N-dealkylation sites (N-methyl/N-ethyl adjacent to an activating group) is 1. The smallest absolute Gasteiger partial charge is 0.251 e. The van der Waals surface area contributed by atoms with Gasteiger partial charge in [-0.25, -0.2) is 0 Å². The Labute approximate surface area is 89.6 Å². The first kappa shape index (κ1) is 11.5. The first-order chi connectivity index (χ1) is 7.27. The zero-order valence-corrected chi connectivity index (χ0v) is 9.04. The van der Waals surface area contributed by atoms with Crippen molar-refractivity contribution in [2.45, 2.75) is 0 Å². The van der Waals surface area contributed by atoms with Crippen molar-refractivity contribution >= 4 is 5.91 Å². The Kier molecular flexibility index (Phi) is 4.63. The van der Waals surface area contributed by atoms with Gasteiger partial charge in [-0.2, -0.15) is 0 Å². The Morgan fingerprint density at radius 1 is 1.27 bits per heavy atom. The standard InChI is InChI=1S/C11H16N2O2/c1-12-7-8-13-11(14)9-3-5-10(15-2)6-4-9/h3-6,12H,7-8H2,1-2H3,(H,13,14). The van der Waals surface area contributed by atoms with Crippen LogP contribution in [0.15, 0.2) is 24.3 Å². The third kappa shape index (κ3) is 3.59. The molecule has 0 aromatic heterocycles. The minimum absolute atomic E-state index is 0.0621. The molecule has 0 spiro atoms. The van der Waals surface area contributed by atoms with Crippen LogP contribution in [0.25, 0.3) is 0 Å². The van der Waals surface area contributed by atoms with Crippen molar-refractivity contribution in [2.75, 3.05) is 27.2 Å². The minimum Gasteiger partial charge on any atom is -0.497 e. The van der Waals surface area contributed by atoms with Crippen LogP contribution in [0.1, 0.15) is 10.4 Å². The molecule has 1 amide bonds. The lowest BCUT2D eigenvalue weighted by atomic mass is 10.2. The van der Waals surface area contributed by atoms with Gasteiger partial charge in [-0.3, -0.25) is 4.79 Å². The number of hydrogen-bond acceptors (Lipinski definition) is 3. The van der Waals surface area contributed by atoms with E-state index in [0.717, 1.165) is 12.3 Å². The number of benzene rings is 1. The van der Waals surface area contributed by atoms with Gasteiger partial charge in [0.05, 0.1) is 7.11 Å². The summed E-state index contributed by atoms with van der Waals surface area (Å²) in [5.41, 5.74) is 0.645. The van der Waals surface area contributed by atoms with E-state index in [4.69, 9.17) is 4.74 Å². The molecule has 2 N–H and O–H groups in total. The van der Waals surface area contributed by atoms with E-state index in [9.17, 15) is 4.79 Å². The molecule has 1 aromatic rings. The van der Waals surface area contributed by atoms with Crippen LogP contribution in [-0.4, -0.2) is 33.2 Å². The Hall–Kier alpha value is -1.55. The highest BCUT2D eigenvalue weighted by Gasteiger charge is 2.03. The molecule has 0 atom stereocenters. The second kappa shape index (κ2) is 6.03. The zero-order valence-electron chi connectivity index (χ0n) is 9.04. The van der Waals surface area contributed by atoms with Crippen LogP contribution < -0.4 is 15.4 Å². The third-order valence-electron chi connectivity index (χ3n) is 2.01. The largest absolute Gasteiger partial charge is 0.497 e. The number of methoxy groups -OCH3 is 1. The van der Waals surface area contributed by atoms with E-state index in [0.29, 0.717) is 12.1 Å². The number of nitrogens with one attached hydrogen (secondary N) is 2. The molecule has 0 aliphatic heterocycles. The van der Waals surface area contributed by atoms with E-state index in [1.165, 1.54) is 0 Å². The number of ether oxygens (including phenoxy) is 1. The lowest BCUT2D eigenvalue weighted by Crippen LogP contribution is -2.30. The van der Waals surface area contributed by atoms with E-state index in [1.807, 2.05) is 7.05 Å². The average molecular weight is 208 g/mol. The van der Waals surface area contributed by atoms with Gasteiger partial charge in [-0.05, 0) is 31.3 Å². The quantitative estimate of drug-likeness (QED) is 0.698. The van der Waals surface area contributed by atoms with Crippen LogP contribution in [0.2, 0.25) is 0 Å². The van der Waals surface area contributed by atoms with E-state index in [1.54, 1.807) is 31.4 Å². The molecule has 1 aromatic carbocycles. The Balaban J connectivity index is 2.50. The normalized spacial score (nSPS) is 9.73. The fourth-order valence-electron chi connectivity index (χ4n) is 1.15. The highest BCUT2D eigenvalue weighted by atomic mass is 16.5. The van der Waals surface area contributed by atoms with Crippen LogP contribution >= 0.6 is 0 Å². The molecule has 0 heterocycles. The topological polar surface area (TPSA) is 50.4 Å². The Bertz CT molecular complexity index is 309. The van der Waals surface area contributed by atoms with Gasteiger partial charge in [-0.15, -0.1) is 0 Å². The number of amides is 1. The molecular weight excluding hydrogens is 192 g/mol. The van der Waals surface area contributed by atoms with E-state index in [2.05, 4.69) is 10.6 Å². The summed E-state index contributed by atoms with van der Waals surface area (Å²) in [6.07, 6.45) is 0. The Morgan fingerprint density at radius 3 is 2.47 bits per heavy atom. The molecule has 4 heteroatoms. The summed E-state index contributed by atoms with van der Waals surface area (Å²) in [5.74, 6) is 0.690. The summed E-state index contributed by atoms with van der Waals surface area (Å²) in [6, 6.07) is 7.03. The predicted octanol–water partition coefficient (Wildman–Crippen LogP) is 0.644. The van der Waals surface area contributed by atoms with Crippen molar-refractivity contribution in [3.8, 4) is 5.75 Å². The molecule has 0 saturated carbocycles. The molecule has 0 radical (unpaired) electrons. The summed E-state index contributed by atoms with van der Waals surface area (Å²) >= 11 is 0. The molecule has 0 unspecified atom stereocenters. The van der Waals surface area contributed by atoms with Gasteiger partial charge in [0.15, 0.2) is 0 Å². The van der Waals surface area contributed by atoms with E-state index in [-0.39, 0.29) is 5.91 Å². The van der Waals surface area contributed by atoms with Gasteiger partial charge in [0.1, 0.15) is 5.75 Å². The first-order valence-corrected chi connectivity index (χ1v) is 4.84. The Morgan fingerprint density at radius 2 is 1.93 bits per heavy atom. The lowest BCUT2D eigenvalue weighted by molar-refractivity contribution is 0.0954. The van der Waals surface area contributed by atoms with Crippen LogP contribution in [0.4, 0.5) is 0 Å². The van der Waals surface area contributed by atoms with E-state index < -0.39 is 0 Å². The van der Waals surface area contributed by atoms with Crippen molar-refractivity contribution in [1.29, 1.82) is 0 Å². The number of hydrogen-bond donors (Lipinski definition) is 2. The van der Waals surface area contributed by atoms with Crippen LogP contribution in [0.5, 0.6) is 5.75 Å². The lowest BCUT2D eigenvalue weighted by Gasteiger charge is -2.05. The molecule has 1 rings (SSSR count). The summed E-state index contributed by atoms with van der Waals surface area (Å²) in [7, 11) is 3.45. The molecule has 82 valence electrons. The molecule has 0 aliphatic rings. The number of rotatable bonds is 5. The van der Waals surface area contributed by atoms with E-state index >= 15 is 0 Å². The van der Waals surface area contributed by atoms with Crippen molar-refractivity contribution in [1.82, 2.24) is 10.6 Å². The molecule has 0 saturated heterocycles. The fourth-order valence-corrected chi connectivity index (χ4v) is 1.15. The predicted molar refractivity (Wildman–Crippen MR) is 59.3 cm³/mol. The second-order valence-electron chi connectivity index (χ2n) is 3.09. The second-order valence-corrected chi connectivity index (χ2v) is 3.09. The van der Waals surface area contributed by atoms with Gasteiger partial charge < -0.3 is 15.4 Å². The molecular formula is C11H16N2O2. The highest BCUT2D eigenvalue weighted by molar-refractivity contribution is 5.94. The molecule has 15 heavy (non-hydrogen) atoms. The summed E-state index contributed by atoms with van der Waals surface area (Å²) in [5, 5.41) is 5.75. The maximum atomic E-state index is 11.5. The van der Waals surface area contributed by atoms with Crippen LogP contribution in [-0.2, 0) is 0 Å². The molecule has 0 bridgehead atoms. The number of carbonyl (C=O) groups excluding carboxylic acids is 1. The molecule has 0 aliphatic carbocycles. The van der Waals surface area contributed by atoms with Crippen molar-refractivity contribution in [2.24, 2.45) is 0 Å². The maximum absolute atomic E-state index is 11.5.